The molecule has 0 spiro atoms. The van der Waals surface area contributed by atoms with Crippen LogP contribution in [0.1, 0.15) is 23.6 Å². The van der Waals surface area contributed by atoms with Crippen molar-refractivity contribution in [1.82, 2.24) is 10.4 Å². The molecule has 0 amide bonds. The topological polar surface area (TPSA) is 60.2 Å². The zero-order valence-electron chi connectivity index (χ0n) is 11.0. The molecule has 100 valence electrons. The van der Waals surface area contributed by atoms with Crippen molar-refractivity contribution in [1.29, 1.82) is 0 Å². The molecule has 4 heteroatoms. The second-order valence-electron chi connectivity index (χ2n) is 4.40. The molecule has 0 bridgehead atoms. The number of ether oxygens (including phenoxy) is 1. The van der Waals surface area contributed by atoms with Crippen molar-refractivity contribution < 1.29 is 4.74 Å². The molecular formula is C15H19N3O. The summed E-state index contributed by atoms with van der Waals surface area (Å²) < 4.78 is 5.23. The van der Waals surface area contributed by atoms with Gasteiger partial charge in [0.25, 0.3) is 0 Å². The van der Waals surface area contributed by atoms with Crippen molar-refractivity contribution in [2.75, 3.05) is 7.11 Å². The van der Waals surface area contributed by atoms with E-state index in [1.165, 1.54) is 5.56 Å². The highest BCUT2D eigenvalue weighted by Gasteiger charge is 2.10. The highest BCUT2D eigenvalue weighted by molar-refractivity contribution is 5.30. The van der Waals surface area contributed by atoms with Crippen LogP contribution in [-0.2, 0) is 6.42 Å². The molecule has 0 aliphatic heterocycles. The molecule has 1 atom stereocenters. The van der Waals surface area contributed by atoms with Crippen LogP contribution < -0.4 is 16.0 Å². The predicted molar refractivity (Wildman–Crippen MR) is 75.6 cm³/mol. The monoisotopic (exact) mass is 257 g/mol. The number of hydrogen-bond donors (Lipinski definition) is 2. The number of nitrogens with zero attached hydrogens (tertiary/aromatic N) is 1. The van der Waals surface area contributed by atoms with E-state index < -0.39 is 0 Å². The van der Waals surface area contributed by atoms with Crippen LogP contribution in [0.2, 0.25) is 0 Å². The molecule has 0 saturated carbocycles. The third kappa shape index (κ3) is 3.77. The molecule has 1 heterocycles. The zero-order valence-corrected chi connectivity index (χ0v) is 11.0. The predicted octanol–water partition coefficient (Wildman–Crippen LogP) is 2.23. The number of nitrogens with one attached hydrogen (secondary N) is 1. The highest BCUT2D eigenvalue weighted by atomic mass is 16.5. The van der Waals surface area contributed by atoms with E-state index in [0.29, 0.717) is 0 Å². The number of nitrogens with two attached hydrogens (primary N) is 1. The molecule has 4 nitrogen and oxygen atoms in total. The largest absolute Gasteiger partial charge is 0.497 e. The van der Waals surface area contributed by atoms with E-state index in [4.69, 9.17) is 10.6 Å². The molecule has 1 aromatic heterocycles. The standard InChI is InChI=1S/C15H19N3O/c1-19-14-6-2-5-13(10-14)15(18-16)8-7-12-4-3-9-17-11-12/h2-6,9-11,15,18H,7-8,16H2,1H3. The van der Waals surface area contributed by atoms with Crippen LogP contribution in [0.5, 0.6) is 5.75 Å². The Balaban J connectivity index is 2.03. The summed E-state index contributed by atoms with van der Waals surface area (Å²) in [7, 11) is 1.67. The average Bonchev–Trinajstić information content (AvgIpc) is 2.49. The first kappa shape index (κ1) is 13.5. The summed E-state index contributed by atoms with van der Waals surface area (Å²) in [4.78, 5) is 4.12. The molecule has 0 radical (unpaired) electrons. The maximum Gasteiger partial charge on any atom is 0.119 e. The lowest BCUT2D eigenvalue weighted by Crippen LogP contribution is -2.28. The lowest BCUT2D eigenvalue weighted by molar-refractivity contribution is 0.412. The number of hydrazine groups is 1. The molecule has 1 unspecified atom stereocenters. The number of methoxy groups -OCH3 is 1. The highest BCUT2D eigenvalue weighted by Crippen LogP contribution is 2.22. The van der Waals surface area contributed by atoms with E-state index in [1.807, 2.05) is 30.5 Å². The molecule has 0 fully saturated rings. The lowest BCUT2D eigenvalue weighted by atomic mass is 10.00. The maximum absolute atomic E-state index is 5.65. The second-order valence-corrected chi connectivity index (χ2v) is 4.40. The first-order valence-electron chi connectivity index (χ1n) is 6.32. The Labute approximate surface area is 113 Å². The van der Waals surface area contributed by atoms with Crippen molar-refractivity contribution in [3.05, 3.63) is 59.9 Å². The number of benzene rings is 1. The first-order chi connectivity index (χ1) is 9.33. The molecule has 1 aromatic carbocycles. The van der Waals surface area contributed by atoms with Crippen LogP contribution in [0, 0.1) is 0 Å². The van der Waals surface area contributed by atoms with E-state index in [-0.39, 0.29) is 6.04 Å². The number of aryl methyl sites for hydroxylation is 1. The van der Waals surface area contributed by atoms with Crippen LogP contribution in [0.3, 0.4) is 0 Å². The van der Waals surface area contributed by atoms with Gasteiger partial charge in [-0.15, -0.1) is 0 Å². The summed E-state index contributed by atoms with van der Waals surface area (Å²) in [5, 5.41) is 0. The maximum atomic E-state index is 5.65. The molecule has 2 rings (SSSR count). The van der Waals surface area contributed by atoms with Crippen molar-refractivity contribution in [2.45, 2.75) is 18.9 Å². The first-order valence-corrected chi connectivity index (χ1v) is 6.32. The molecular weight excluding hydrogens is 238 g/mol. The van der Waals surface area contributed by atoms with Crippen molar-refractivity contribution in [3.8, 4) is 5.75 Å². The van der Waals surface area contributed by atoms with Gasteiger partial charge in [0.1, 0.15) is 5.75 Å². The zero-order chi connectivity index (χ0) is 13.5. The van der Waals surface area contributed by atoms with Gasteiger partial charge in [-0.2, -0.15) is 0 Å². The van der Waals surface area contributed by atoms with Gasteiger partial charge < -0.3 is 4.74 Å². The van der Waals surface area contributed by atoms with Crippen LogP contribution in [0.4, 0.5) is 0 Å². The van der Waals surface area contributed by atoms with E-state index in [9.17, 15) is 0 Å². The van der Waals surface area contributed by atoms with E-state index in [1.54, 1.807) is 13.3 Å². The summed E-state index contributed by atoms with van der Waals surface area (Å²) in [6.45, 7) is 0. The fraction of sp³-hybridized carbons (Fsp3) is 0.267. The Morgan fingerprint density at radius 2 is 2.21 bits per heavy atom. The van der Waals surface area contributed by atoms with E-state index in [0.717, 1.165) is 24.2 Å². The quantitative estimate of drug-likeness (QED) is 0.615. The fourth-order valence-electron chi connectivity index (χ4n) is 2.06. The Bertz CT molecular complexity index is 502. The molecule has 3 N–H and O–H groups in total. The summed E-state index contributed by atoms with van der Waals surface area (Å²) >= 11 is 0. The smallest absolute Gasteiger partial charge is 0.119 e. The third-order valence-electron chi connectivity index (χ3n) is 3.14. The lowest BCUT2D eigenvalue weighted by Gasteiger charge is -2.17. The minimum absolute atomic E-state index is 0.107. The van der Waals surface area contributed by atoms with Gasteiger partial charge in [-0.3, -0.25) is 16.3 Å². The minimum atomic E-state index is 0.107. The normalized spacial score (nSPS) is 12.1. The van der Waals surface area contributed by atoms with Crippen LogP contribution in [-0.4, -0.2) is 12.1 Å². The third-order valence-corrected chi connectivity index (χ3v) is 3.14. The number of aromatic nitrogens is 1. The molecule has 2 aromatic rings. The molecule has 19 heavy (non-hydrogen) atoms. The van der Waals surface area contributed by atoms with Crippen LogP contribution in [0.25, 0.3) is 0 Å². The molecule has 0 aliphatic carbocycles. The average molecular weight is 257 g/mol. The molecule has 0 saturated heterocycles. The van der Waals surface area contributed by atoms with Crippen molar-refractivity contribution in [2.24, 2.45) is 5.84 Å². The minimum Gasteiger partial charge on any atom is -0.497 e. The van der Waals surface area contributed by atoms with Gasteiger partial charge in [-0.25, -0.2) is 0 Å². The second kappa shape index (κ2) is 6.87. The number of pyridine rings is 1. The van der Waals surface area contributed by atoms with E-state index in [2.05, 4.69) is 22.5 Å². The fourth-order valence-corrected chi connectivity index (χ4v) is 2.06. The van der Waals surface area contributed by atoms with Crippen LogP contribution >= 0.6 is 0 Å². The Morgan fingerprint density at radius 3 is 2.89 bits per heavy atom. The van der Waals surface area contributed by atoms with Crippen molar-refractivity contribution in [3.63, 3.8) is 0 Å². The SMILES string of the molecule is COc1cccc(C(CCc2cccnc2)NN)c1. The van der Waals surface area contributed by atoms with E-state index >= 15 is 0 Å². The van der Waals surface area contributed by atoms with Gasteiger partial charge in [0.15, 0.2) is 0 Å². The summed E-state index contributed by atoms with van der Waals surface area (Å²) in [6, 6.07) is 12.1. The van der Waals surface area contributed by atoms with Gasteiger partial charge in [0, 0.05) is 18.4 Å². The summed E-state index contributed by atoms with van der Waals surface area (Å²) in [6.07, 6.45) is 5.51. The van der Waals surface area contributed by atoms with Gasteiger partial charge in [0.05, 0.1) is 7.11 Å². The Kier molecular flexibility index (Phi) is 4.89. The van der Waals surface area contributed by atoms with Crippen LogP contribution in [0.15, 0.2) is 48.8 Å². The van der Waals surface area contributed by atoms with Gasteiger partial charge in [-0.1, -0.05) is 18.2 Å². The van der Waals surface area contributed by atoms with Gasteiger partial charge in [0.2, 0.25) is 0 Å². The van der Waals surface area contributed by atoms with Crippen molar-refractivity contribution >= 4 is 0 Å². The Hall–Kier alpha value is -1.91. The number of rotatable bonds is 6. The molecule has 0 aliphatic rings. The summed E-state index contributed by atoms with van der Waals surface area (Å²) in [5.41, 5.74) is 5.21. The Morgan fingerprint density at radius 1 is 1.32 bits per heavy atom. The van der Waals surface area contributed by atoms with Gasteiger partial charge >= 0.3 is 0 Å². The number of hydrogen-bond acceptors (Lipinski definition) is 4. The summed E-state index contributed by atoms with van der Waals surface area (Å²) in [5.74, 6) is 6.50. The van der Waals surface area contributed by atoms with Gasteiger partial charge in [-0.05, 0) is 42.2 Å².